The van der Waals surface area contributed by atoms with Gasteiger partial charge in [-0.25, -0.2) is 8.42 Å². The van der Waals surface area contributed by atoms with Gasteiger partial charge in [0.05, 0.1) is 21.3 Å². The summed E-state index contributed by atoms with van der Waals surface area (Å²) in [5.41, 5.74) is 1.22. The summed E-state index contributed by atoms with van der Waals surface area (Å²) in [5.74, 6) is -0.483. The minimum absolute atomic E-state index is 0. The fraction of sp³-hybridized carbons (Fsp3) is 0.176. The molecule has 2 aromatic carbocycles. The number of amides is 1. The van der Waals surface area contributed by atoms with E-state index in [2.05, 4.69) is 15.3 Å². The van der Waals surface area contributed by atoms with Crippen molar-refractivity contribution in [1.82, 2.24) is 0 Å². The van der Waals surface area contributed by atoms with Crippen LogP contribution in [0.3, 0.4) is 0 Å². The first-order valence-corrected chi connectivity index (χ1v) is 9.58. The van der Waals surface area contributed by atoms with E-state index in [0.29, 0.717) is 22.0 Å². The van der Waals surface area contributed by atoms with E-state index in [1.165, 1.54) is 12.1 Å². The Kier molecular flexibility index (Phi) is 7.13. The third-order valence-electron chi connectivity index (χ3n) is 3.84. The molecule has 3 rings (SSSR count). The number of aryl methyl sites for hydroxylation is 1. The number of carbonyl (C=O) groups excluding carboxylic acids is 1. The Morgan fingerprint density at radius 2 is 1.86 bits per heavy atom. The molecule has 8 nitrogen and oxygen atoms in total. The van der Waals surface area contributed by atoms with Gasteiger partial charge in [-0.2, -0.15) is 20.3 Å². The molecule has 11 heteroatoms. The molecule has 1 amide bonds. The van der Waals surface area contributed by atoms with E-state index in [1.807, 2.05) is 0 Å². The molecule has 1 aliphatic rings. The molecule has 0 aliphatic carbocycles. The molecule has 2 aromatic rings. The van der Waals surface area contributed by atoms with Crippen LogP contribution in [0.15, 0.2) is 62.7 Å². The maximum absolute atomic E-state index is 12.6. The van der Waals surface area contributed by atoms with Gasteiger partial charge in [0.15, 0.2) is 6.04 Å². The molecule has 0 saturated carbocycles. The molecule has 0 saturated heterocycles. The second-order valence-corrected chi connectivity index (χ2v) is 7.64. The first-order chi connectivity index (χ1) is 12.7. The van der Waals surface area contributed by atoms with Crippen molar-refractivity contribution in [1.29, 1.82) is 0 Å². The zero-order chi connectivity index (χ0) is 19.8. The summed E-state index contributed by atoms with van der Waals surface area (Å²) in [6, 6.07) is 9.83. The maximum atomic E-state index is 12.6. The SMILES string of the molecule is CC1=NN(c2ccccc2Cl)C(=O)C1N=Nc1ccc(C)cc1S(=O)(=O)[O-].[Na+]. The van der Waals surface area contributed by atoms with Gasteiger partial charge in [-0.1, -0.05) is 29.8 Å². The maximum Gasteiger partial charge on any atom is 1.00 e. The molecular weight excluding hydrogens is 415 g/mol. The van der Waals surface area contributed by atoms with Gasteiger partial charge in [-0.05, 0) is 43.7 Å². The Hall–Kier alpha value is -1.62. The molecule has 28 heavy (non-hydrogen) atoms. The van der Waals surface area contributed by atoms with Crippen molar-refractivity contribution in [2.75, 3.05) is 5.01 Å². The van der Waals surface area contributed by atoms with Gasteiger partial charge in [0.25, 0.3) is 5.91 Å². The minimum Gasteiger partial charge on any atom is -0.744 e. The first kappa shape index (κ1) is 22.7. The predicted molar refractivity (Wildman–Crippen MR) is 99.5 cm³/mol. The number of benzene rings is 2. The van der Waals surface area contributed by atoms with E-state index in [4.69, 9.17) is 11.6 Å². The average Bonchev–Trinajstić information content (AvgIpc) is 2.87. The van der Waals surface area contributed by atoms with Crippen LogP contribution in [-0.4, -0.2) is 30.6 Å². The van der Waals surface area contributed by atoms with E-state index >= 15 is 0 Å². The summed E-state index contributed by atoms with van der Waals surface area (Å²) in [6.07, 6.45) is 0. The van der Waals surface area contributed by atoms with E-state index in [9.17, 15) is 17.8 Å². The second-order valence-electron chi connectivity index (χ2n) is 5.89. The largest absolute Gasteiger partial charge is 1.00 e. The van der Waals surface area contributed by atoms with Crippen LogP contribution in [0.4, 0.5) is 11.4 Å². The van der Waals surface area contributed by atoms with Crippen molar-refractivity contribution < 1.29 is 47.3 Å². The van der Waals surface area contributed by atoms with Crippen LogP contribution < -0.4 is 34.6 Å². The molecule has 140 valence electrons. The normalized spacial score (nSPS) is 17.0. The van der Waals surface area contributed by atoms with E-state index in [-0.39, 0.29) is 35.2 Å². The minimum atomic E-state index is -4.73. The van der Waals surface area contributed by atoms with Gasteiger partial charge in [0.2, 0.25) is 0 Å². The zero-order valence-electron chi connectivity index (χ0n) is 15.3. The van der Waals surface area contributed by atoms with Crippen LogP contribution in [0.2, 0.25) is 5.02 Å². The molecule has 0 fully saturated rings. The van der Waals surface area contributed by atoms with Crippen molar-refractivity contribution in [3.05, 3.63) is 53.1 Å². The molecule has 0 spiro atoms. The molecule has 0 radical (unpaired) electrons. The van der Waals surface area contributed by atoms with Crippen LogP contribution in [0.25, 0.3) is 0 Å². The number of para-hydroxylation sites is 1. The third kappa shape index (κ3) is 4.68. The number of rotatable bonds is 4. The van der Waals surface area contributed by atoms with Crippen molar-refractivity contribution in [2.24, 2.45) is 15.3 Å². The summed E-state index contributed by atoms with van der Waals surface area (Å²) in [7, 11) is -4.73. The number of nitrogens with zero attached hydrogens (tertiary/aromatic N) is 4. The third-order valence-corrected chi connectivity index (χ3v) is 5.03. The van der Waals surface area contributed by atoms with Crippen LogP contribution in [0, 0.1) is 6.92 Å². The molecule has 1 unspecified atom stereocenters. The van der Waals surface area contributed by atoms with Crippen LogP contribution in [-0.2, 0) is 14.9 Å². The topological polar surface area (TPSA) is 115 Å². The molecule has 0 aromatic heterocycles. The smallest absolute Gasteiger partial charge is 0.744 e. The number of hydrazone groups is 1. The van der Waals surface area contributed by atoms with Crippen molar-refractivity contribution in [2.45, 2.75) is 24.8 Å². The van der Waals surface area contributed by atoms with E-state index < -0.39 is 27.0 Å². The molecule has 1 atom stereocenters. The summed E-state index contributed by atoms with van der Waals surface area (Å²) < 4.78 is 34.3. The zero-order valence-corrected chi connectivity index (χ0v) is 18.9. The molecule has 1 heterocycles. The summed E-state index contributed by atoms with van der Waals surface area (Å²) in [4.78, 5) is 12.2. The molecule has 1 aliphatic heterocycles. The van der Waals surface area contributed by atoms with Crippen molar-refractivity contribution >= 4 is 44.7 Å². The number of hydrogen-bond acceptors (Lipinski definition) is 7. The Balaban J connectivity index is 0.00000280. The molecule has 0 bridgehead atoms. The van der Waals surface area contributed by atoms with Crippen molar-refractivity contribution in [3.8, 4) is 0 Å². The quantitative estimate of drug-likeness (QED) is 0.399. The van der Waals surface area contributed by atoms with Gasteiger partial charge >= 0.3 is 29.6 Å². The Bertz CT molecular complexity index is 1090. The number of anilines is 1. The Morgan fingerprint density at radius 1 is 1.18 bits per heavy atom. The van der Waals surface area contributed by atoms with Gasteiger partial charge < -0.3 is 4.55 Å². The fourth-order valence-electron chi connectivity index (χ4n) is 2.51. The number of carbonyl (C=O) groups is 1. The van der Waals surface area contributed by atoms with Crippen LogP contribution >= 0.6 is 11.6 Å². The van der Waals surface area contributed by atoms with Gasteiger partial charge in [0, 0.05) is 0 Å². The molecular formula is C17H14ClN4NaO4S. The van der Waals surface area contributed by atoms with E-state index in [0.717, 1.165) is 5.01 Å². The van der Waals surface area contributed by atoms with Crippen LogP contribution in [0.1, 0.15) is 12.5 Å². The average molecular weight is 429 g/mol. The number of hydrogen-bond donors (Lipinski definition) is 0. The second kappa shape index (κ2) is 8.81. The number of azo groups is 1. The van der Waals surface area contributed by atoms with Gasteiger partial charge in [-0.3, -0.25) is 4.79 Å². The Labute approximate surface area is 189 Å². The monoisotopic (exact) mass is 428 g/mol. The van der Waals surface area contributed by atoms with E-state index in [1.54, 1.807) is 44.2 Å². The van der Waals surface area contributed by atoms with Gasteiger partial charge in [0.1, 0.15) is 15.8 Å². The number of halogens is 1. The van der Waals surface area contributed by atoms with Gasteiger partial charge in [-0.15, -0.1) is 0 Å². The standard InChI is InChI=1S/C17H15ClN4O4S.Na/c1-10-7-8-13(15(9-10)27(24,25)26)19-20-16-11(2)21-22(17(16)23)14-6-4-3-5-12(14)18;/h3-9,16H,1-2H3,(H,24,25,26);/q;+1/p-1. The van der Waals surface area contributed by atoms with Crippen molar-refractivity contribution in [3.63, 3.8) is 0 Å². The Morgan fingerprint density at radius 3 is 2.50 bits per heavy atom. The van der Waals surface area contributed by atoms with Crippen LogP contribution in [0.5, 0.6) is 0 Å². The fourth-order valence-corrected chi connectivity index (χ4v) is 3.42. The first-order valence-electron chi connectivity index (χ1n) is 7.79. The summed E-state index contributed by atoms with van der Waals surface area (Å²) >= 11 is 6.11. The molecule has 0 N–H and O–H groups in total. The summed E-state index contributed by atoms with van der Waals surface area (Å²) in [6.45, 7) is 3.24. The predicted octanol–water partition coefficient (Wildman–Crippen LogP) is 0.432. The summed E-state index contributed by atoms with van der Waals surface area (Å²) in [5, 5.41) is 13.4.